The van der Waals surface area contributed by atoms with E-state index in [0.29, 0.717) is 24.9 Å². The van der Waals surface area contributed by atoms with Crippen molar-refractivity contribution in [3.63, 3.8) is 0 Å². The number of ether oxygens (including phenoxy) is 2. The van der Waals surface area contributed by atoms with Gasteiger partial charge in [0.25, 0.3) is 0 Å². The van der Waals surface area contributed by atoms with E-state index in [1.165, 1.54) is 12.4 Å². The van der Waals surface area contributed by atoms with Crippen LogP contribution in [0.25, 0.3) is 0 Å². The Morgan fingerprint density at radius 3 is 2.93 bits per heavy atom. The van der Waals surface area contributed by atoms with Crippen molar-refractivity contribution in [2.45, 2.75) is 13.3 Å². The average Bonchev–Trinajstić information content (AvgIpc) is 2.29. The van der Waals surface area contributed by atoms with Crippen molar-refractivity contribution >= 4 is 5.82 Å². The fraction of sp³-hybridized carbons (Fsp3) is 0.556. The minimum absolute atomic E-state index is 0.436. The Morgan fingerprint density at radius 2 is 2.20 bits per heavy atom. The first-order valence-corrected chi connectivity index (χ1v) is 4.86. The van der Waals surface area contributed by atoms with Gasteiger partial charge in [-0.3, -0.25) is 4.98 Å². The molecule has 0 aromatic carbocycles. The van der Waals surface area contributed by atoms with E-state index in [-0.39, 0.29) is 0 Å². The molecule has 0 bridgehead atoms. The van der Waals surface area contributed by atoms with Crippen LogP contribution in [0, 0.1) is 0 Å². The molecule has 0 fully saturated rings. The quantitative estimate of drug-likeness (QED) is 0.390. The number of aromatic nitrogens is 2. The SMILES string of the molecule is CCCOCCOc1cncc(NN)n1. The Kier molecular flexibility index (Phi) is 5.42. The molecule has 0 aliphatic heterocycles. The summed E-state index contributed by atoms with van der Waals surface area (Å²) < 4.78 is 10.5. The smallest absolute Gasteiger partial charge is 0.234 e. The lowest BCUT2D eigenvalue weighted by molar-refractivity contribution is 0.0989. The van der Waals surface area contributed by atoms with Crippen molar-refractivity contribution in [3.05, 3.63) is 12.4 Å². The van der Waals surface area contributed by atoms with E-state index in [2.05, 4.69) is 22.3 Å². The van der Waals surface area contributed by atoms with Gasteiger partial charge in [0.1, 0.15) is 6.61 Å². The Hall–Kier alpha value is -1.40. The number of rotatable bonds is 7. The van der Waals surface area contributed by atoms with Gasteiger partial charge in [0, 0.05) is 6.61 Å². The molecular formula is C9H16N4O2. The van der Waals surface area contributed by atoms with E-state index in [0.717, 1.165) is 13.0 Å². The molecule has 0 aliphatic carbocycles. The molecule has 0 saturated heterocycles. The molecule has 0 radical (unpaired) electrons. The first-order chi connectivity index (χ1) is 7.36. The van der Waals surface area contributed by atoms with Crippen LogP contribution in [0.15, 0.2) is 12.4 Å². The number of hydrogen-bond acceptors (Lipinski definition) is 6. The largest absolute Gasteiger partial charge is 0.474 e. The Labute approximate surface area is 88.8 Å². The van der Waals surface area contributed by atoms with Crippen LogP contribution in [-0.2, 0) is 4.74 Å². The summed E-state index contributed by atoms with van der Waals surface area (Å²) in [6.07, 6.45) is 4.05. The number of anilines is 1. The highest BCUT2D eigenvalue weighted by atomic mass is 16.5. The van der Waals surface area contributed by atoms with Crippen LogP contribution in [0.3, 0.4) is 0 Å². The summed E-state index contributed by atoms with van der Waals surface area (Å²) in [7, 11) is 0. The zero-order chi connectivity index (χ0) is 10.9. The highest BCUT2D eigenvalue weighted by molar-refractivity contribution is 5.31. The standard InChI is InChI=1S/C9H16N4O2/c1-2-3-14-4-5-15-9-7-11-6-8(12-9)13-10/h6-7H,2-5,10H2,1H3,(H,12,13). The normalized spacial score (nSPS) is 10.0. The van der Waals surface area contributed by atoms with E-state index < -0.39 is 0 Å². The summed E-state index contributed by atoms with van der Waals surface area (Å²) in [6.45, 7) is 3.82. The number of hydrazine groups is 1. The molecule has 0 atom stereocenters. The Bertz CT molecular complexity index is 283. The highest BCUT2D eigenvalue weighted by Crippen LogP contribution is 2.07. The lowest BCUT2D eigenvalue weighted by atomic mass is 10.5. The van der Waals surface area contributed by atoms with Crippen molar-refractivity contribution in [1.82, 2.24) is 9.97 Å². The molecule has 0 aliphatic rings. The lowest BCUT2D eigenvalue weighted by Gasteiger charge is -2.06. The van der Waals surface area contributed by atoms with Crippen LogP contribution in [0.1, 0.15) is 13.3 Å². The molecule has 84 valence electrons. The maximum Gasteiger partial charge on any atom is 0.234 e. The van der Waals surface area contributed by atoms with Crippen LogP contribution >= 0.6 is 0 Å². The van der Waals surface area contributed by atoms with Gasteiger partial charge in [0.15, 0.2) is 5.82 Å². The van der Waals surface area contributed by atoms with Gasteiger partial charge >= 0.3 is 0 Å². The third-order valence-electron chi connectivity index (χ3n) is 1.59. The molecule has 3 N–H and O–H groups in total. The minimum atomic E-state index is 0.436. The molecule has 0 unspecified atom stereocenters. The number of hydrogen-bond donors (Lipinski definition) is 2. The van der Waals surface area contributed by atoms with Crippen LogP contribution in [0.2, 0.25) is 0 Å². The van der Waals surface area contributed by atoms with Crippen molar-refractivity contribution in [1.29, 1.82) is 0 Å². The molecule has 15 heavy (non-hydrogen) atoms. The summed E-state index contributed by atoms with van der Waals surface area (Å²) in [4.78, 5) is 7.93. The zero-order valence-corrected chi connectivity index (χ0v) is 8.77. The summed E-state index contributed by atoms with van der Waals surface area (Å²) in [5.74, 6) is 6.09. The second-order valence-corrected chi connectivity index (χ2v) is 2.85. The van der Waals surface area contributed by atoms with E-state index in [9.17, 15) is 0 Å². The van der Waals surface area contributed by atoms with Gasteiger partial charge in [-0.15, -0.1) is 0 Å². The Balaban J connectivity index is 2.24. The van der Waals surface area contributed by atoms with Gasteiger partial charge < -0.3 is 14.9 Å². The van der Waals surface area contributed by atoms with E-state index in [4.69, 9.17) is 15.3 Å². The topological polar surface area (TPSA) is 82.3 Å². The maximum absolute atomic E-state index is 5.30. The second-order valence-electron chi connectivity index (χ2n) is 2.85. The van der Waals surface area contributed by atoms with Crippen LogP contribution < -0.4 is 16.0 Å². The van der Waals surface area contributed by atoms with E-state index in [1.807, 2.05) is 0 Å². The van der Waals surface area contributed by atoms with Crippen LogP contribution in [0.5, 0.6) is 5.88 Å². The monoisotopic (exact) mass is 212 g/mol. The van der Waals surface area contributed by atoms with Crippen LogP contribution in [-0.4, -0.2) is 29.8 Å². The predicted octanol–water partition coefficient (Wildman–Crippen LogP) is 0.568. The fourth-order valence-corrected chi connectivity index (χ4v) is 0.939. The number of nitrogen functional groups attached to an aromatic ring is 1. The van der Waals surface area contributed by atoms with Gasteiger partial charge in [-0.1, -0.05) is 6.92 Å². The minimum Gasteiger partial charge on any atom is -0.474 e. The lowest BCUT2D eigenvalue weighted by Crippen LogP contribution is -2.11. The third-order valence-corrected chi connectivity index (χ3v) is 1.59. The second kappa shape index (κ2) is 6.97. The summed E-state index contributed by atoms with van der Waals surface area (Å²) >= 11 is 0. The van der Waals surface area contributed by atoms with E-state index in [1.54, 1.807) is 0 Å². The molecule has 1 rings (SSSR count). The molecule has 1 aromatic rings. The summed E-state index contributed by atoms with van der Waals surface area (Å²) in [6, 6.07) is 0. The predicted molar refractivity (Wildman–Crippen MR) is 56.4 cm³/mol. The van der Waals surface area contributed by atoms with Crippen molar-refractivity contribution in [2.24, 2.45) is 5.84 Å². The van der Waals surface area contributed by atoms with Crippen molar-refractivity contribution in [2.75, 3.05) is 25.2 Å². The number of nitrogens with zero attached hydrogens (tertiary/aromatic N) is 2. The molecule has 6 nitrogen and oxygen atoms in total. The molecule has 0 amide bonds. The molecule has 0 spiro atoms. The van der Waals surface area contributed by atoms with Gasteiger partial charge in [0.2, 0.25) is 5.88 Å². The Morgan fingerprint density at radius 1 is 1.33 bits per heavy atom. The van der Waals surface area contributed by atoms with Gasteiger partial charge in [0.05, 0.1) is 19.0 Å². The molecule has 0 saturated carbocycles. The molecular weight excluding hydrogens is 196 g/mol. The molecule has 6 heteroatoms. The van der Waals surface area contributed by atoms with Crippen molar-refractivity contribution < 1.29 is 9.47 Å². The first-order valence-electron chi connectivity index (χ1n) is 4.86. The summed E-state index contributed by atoms with van der Waals surface area (Å²) in [5.41, 5.74) is 2.39. The zero-order valence-electron chi connectivity index (χ0n) is 8.77. The van der Waals surface area contributed by atoms with Gasteiger partial charge in [-0.05, 0) is 6.42 Å². The van der Waals surface area contributed by atoms with Crippen LogP contribution in [0.4, 0.5) is 5.82 Å². The van der Waals surface area contributed by atoms with Crippen molar-refractivity contribution in [3.8, 4) is 5.88 Å². The molecule has 1 heterocycles. The van der Waals surface area contributed by atoms with Gasteiger partial charge in [-0.25, -0.2) is 5.84 Å². The fourth-order valence-electron chi connectivity index (χ4n) is 0.939. The van der Waals surface area contributed by atoms with E-state index >= 15 is 0 Å². The third kappa shape index (κ3) is 4.57. The maximum atomic E-state index is 5.30. The number of nitrogens with one attached hydrogen (secondary N) is 1. The molecule has 1 aromatic heterocycles. The first kappa shape index (κ1) is 11.7. The number of nitrogens with two attached hydrogens (primary N) is 1. The average molecular weight is 212 g/mol. The van der Waals surface area contributed by atoms with Gasteiger partial charge in [-0.2, -0.15) is 4.98 Å². The summed E-state index contributed by atoms with van der Waals surface area (Å²) in [5, 5.41) is 0. The highest BCUT2D eigenvalue weighted by Gasteiger charge is 1.97.